The third-order valence-electron chi connectivity index (χ3n) is 4.75. The van der Waals surface area contributed by atoms with E-state index in [2.05, 4.69) is 33.2 Å². The fraction of sp³-hybridized carbons (Fsp3) is 0.533. The number of nitrogens with zero attached hydrogens (tertiary/aromatic N) is 3. The number of aromatic nitrogens is 2. The minimum atomic E-state index is 0.185. The van der Waals surface area contributed by atoms with Gasteiger partial charge in [0.1, 0.15) is 17.0 Å². The summed E-state index contributed by atoms with van der Waals surface area (Å²) in [5.74, 6) is 1.26. The van der Waals surface area contributed by atoms with Crippen molar-refractivity contribution in [3.05, 3.63) is 17.3 Å². The summed E-state index contributed by atoms with van der Waals surface area (Å²) in [5.41, 5.74) is 0.185. The highest BCUT2D eigenvalue weighted by Gasteiger charge is 2.41. The fourth-order valence-electron chi connectivity index (χ4n) is 3.51. The molecule has 4 heterocycles. The summed E-state index contributed by atoms with van der Waals surface area (Å²) in [7, 11) is 0. The van der Waals surface area contributed by atoms with Gasteiger partial charge in [-0.1, -0.05) is 0 Å². The Morgan fingerprint density at radius 2 is 2.14 bits per heavy atom. The van der Waals surface area contributed by atoms with Crippen LogP contribution >= 0.6 is 11.3 Å². The molecule has 4 rings (SSSR count). The number of fused-ring (bicyclic) bond motifs is 1. The smallest absolute Gasteiger partial charge is 0.220 e. The molecular weight excluding hydrogens is 284 g/mol. The van der Waals surface area contributed by atoms with Gasteiger partial charge in [-0.15, -0.1) is 11.3 Å². The molecular formula is C15H18N4OS. The van der Waals surface area contributed by atoms with E-state index >= 15 is 0 Å². The van der Waals surface area contributed by atoms with Crippen LogP contribution in [0, 0.1) is 12.3 Å². The average Bonchev–Trinajstić information content (AvgIpc) is 3.02. The molecule has 2 aromatic rings. The van der Waals surface area contributed by atoms with Crippen molar-refractivity contribution in [2.75, 3.05) is 24.5 Å². The first kappa shape index (κ1) is 13.0. The summed E-state index contributed by atoms with van der Waals surface area (Å²) in [5, 5.41) is 4.15. The number of nitrogens with one attached hydrogen (secondary N) is 1. The zero-order valence-corrected chi connectivity index (χ0v) is 12.9. The fourth-order valence-corrected chi connectivity index (χ4v) is 4.36. The number of piperidine rings is 1. The van der Waals surface area contributed by atoms with Crippen molar-refractivity contribution in [1.29, 1.82) is 0 Å². The van der Waals surface area contributed by atoms with Crippen LogP contribution in [0.1, 0.15) is 24.1 Å². The highest BCUT2D eigenvalue weighted by atomic mass is 32.1. The lowest BCUT2D eigenvalue weighted by Gasteiger charge is -2.38. The molecule has 2 fully saturated rings. The van der Waals surface area contributed by atoms with Crippen molar-refractivity contribution in [3.8, 4) is 0 Å². The third-order valence-corrected chi connectivity index (χ3v) is 5.71. The van der Waals surface area contributed by atoms with Crippen LogP contribution in [-0.2, 0) is 4.79 Å². The SMILES string of the molecule is Cc1cc2c(N3CCC4(CC3)CNC(=O)C4)ncnc2s1. The maximum Gasteiger partial charge on any atom is 0.220 e. The zero-order valence-electron chi connectivity index (χ0n) is 12.1. The molecule has 0 atom stereocenters. The van der Waals surface area contributed by atoms with Gasteiger partial charge in [0.05, 0.1) is 5.39 Å². The molecule has 1 spiro atoms. The summed E-state index contributed by atoms with van der Waals surface area (Å²) >= 11 is 1.72. The maximum atomic E-state index is 11.5. The van der Waals surface area contributed by atoms with Crippen LogP contribution < -0.4 is 10.2 Å². The Balaban J connectivity index is 1.59. The van der Waals surface area contributed by atoms with Gasteiger partial charge in [0.15, 0.2) is 0 Å². The second-order valence-corrected chi connectivity index (χ2v) is 7.45. The first-order valence-electron chi connectivity index (χ1n) is 7.38. The second-order valence-electron chi connectivity index (χ2n) is 6.21. The van der Waals surface area contributed by atoms with Gasteiger partial charge in [-0.3, -0.25) is 4.79 Å². The largest absolute Gasteiger partial charge is 0.356 e. The zero-order chi connectivity index (χ0) is 14.4. The Kier molecular flexibility index (Phi) is 2.89. The molecule has 2 saturated heterocycles. The van der Waals surface area contributed by atoms with Crippen LogP contribution in [0.15, 0.2) is 12.4 Å². The Bertz CT molecular complexity index is 703. The number of thiophene rings is 1. The molecule has 1 N–H and O–H groups in total. The molecule has 2 aromatic heterocycles. The van der Waals surface area contributed by atoms with E-state index in [0.717, 1.165) is 48.5 Å². The Morgan fingerprint density at radius 3 is 2.86 bits per heavy atom. The Hall–Kier alpha value is -1.69. The lowest BCUT2D eigenvalue weighted by molar-refractivity contribution is -0.119. The molecule has 0 unspecified atom stereocenters. The molecule has 110 valence electrons. The van der Waals surface area contributed by atoms with Gasteiger partial charge in [-0.25, -0.2) is 9.97 Å². The van der Waals surface area contributed by atoms with E-state index in [1.165, 1.54) is 4.88 Å². The van der Waals surface area contributed by atoms with Crippen LogP contribution in [0.4, 0.5) is 5.82 Å². The molecule has 0 aliphatic carbocycles. The van der Waals surface area contributed by atoms with Crippen molar-refractivity contribution >= 4 is 33.3 Å². The lowest BCUT2D eigenvalue weighted by Crippen LogP contribution is -2.41. The van der Waals surface area contributed by atoms with Crippen LogP contribution in [0.2, 0.25) is 0 Å². The maximum absolute atomic E-state index is 11.5. The number of aryl methyl sites for hydroxylation is 1. The molecule has 1 amide bonds. The minimum absolute atomic E-state index is 0.185. The summed E-state index contributed by atoms with van der Waals surface area (Å²) in [6.07, 6.45) is 4.47. The summed E-state index contributed by atoms with van der Waals surface area (Å²) in [6, 6.07) is 2.18. The number of hydrogen-bond donors (Lipinski definition) is 1. The van der Waals surface area contributed by atoms with Crippen LogP contribution in [0.5, 0.6) is 0 Å². The van der Waals surface area contributed by atoms with E-state index in [-0.39, 0.29) is 11.3 Å². The minimum Gasteiger partial charge on any atom is -0.356 e. The van der Waals surface area contributed by atoms with Crippen molar-refractivity contribution in [2.24, 2.45) is 5.41 Å². The normalized spacial score (nSPS) is 21.2. The predicted molar refractivity (Wildman–Crippen MR) is 83.7 cm³/mol. The van der Waals surface area contributed by atoms with Gasteiger partial charge in [0.2, 0.25) is 5.91 Å². The van der Waals surface area contributed by atoms with E-state index in [1.807, 2.05) is 0 Å². The number of hydrogen-bond acceptors (Lipinski definition) is 5. The topological polar surface area (TPSA) is 58.1 Å². The van der Waals surface area contributed by atoms with Gasteiger partial charge in [-0.05, 0) is 31.2 Å². The van der Waals surface area contributed by atoms with Crippen LogP contribution in [-0.4, -0.2) is 35.5 Å². The number of rotatable bonds is 1. The quantitative estimate of drug-likeness (QED) is 0.876. The van der Waals surface area contributed by atoms with Crippen molar-refractivity contribution in [3.63, 3.8) is 0 Å². The van der Waals surface area contributed by atoms with Crippen molar-refractivity contribution < 1.29 is 4.79 Å². The van der Waals surface area contributed by atoms with E-state index in [4.69, 9.17) is 0 Å². The van der Waals surface area contributed by atoms with Crippen LogP contribution in [0.3, 0.4) is 0 Å². The lowest BCUT2D eigenvalue weighted by atomic mass is 9.77. The third kappa shape index (κ3) is 2.18. The highest BCUT2D eigenvalue weighted by Crippen LogP contribution is 2.39. The first-order chi connectivity index (χ1) is 10.2. The number of amides is 1. The van der Waals surface area contributed by atoms with Crippen molar-refractivity contribution in [2.45, 2.75) is 26.2 Å². The summed E-state index contributed by atoms with van der Waals surface area (Å²) in [6.45, 7) is 4.89. The van der Waals surface area contributed by atoms with E-state index < -0.39 is 0 Å². The van der Waals surface area contributed by atoms with Gasteiger partial charge >= 0.3 is 0 Å². The highest BCUT2D eigenvalue weighted by molar-refractivity contribution is 7.18. The molecule has 2 aliphatic rings. The standard InChI is InChI=1S/C15H18N4OS/c1-10-6-11-13(17-9-18-14(11)21-10)19-4-2-15(3-5-19)7-12(20)16-8-15/h6,9H,2-5,7-8H2,1H3,(H,16,20). The molecule has 0 bridgehead atoms. The molecule has 2 aliphatic heterocycles. The monoisotopic (exact) mass is 302 g/mol. The van der Waals surface area contributed by atoms with E-state index in [9.17, 15) is 4.79 Å². The average molecular weight is 302 g/mol. The van der Waals surface area contributed by atoms with Gasteiger partial charge in [0.25, 0.3) is 0 Å². The summed E-state index contributed by atoms with van der Waals surface area (Å²) in [4.78, 5) is 25.1. The molecule has 5 nitrogen and oxygen atoms in total. The number of carbonyl (C=O) groups excluding carboxylic acids is 1. The summed E-state index contributed by atoms with van der Waals surface area (Å²) < 4.78 is 0. The second kappa shape index (κ2) is 4.66. The Labute approximate surface area is 127 Å². The molecule has 0 saturated carbocycles. The van der Waals surface area contributed by atoms with E-state index in [1.54, 1.807) is 17.7 Å². The first-order valence-corrected chi connectivity index (χ1v) is 8.20. The van der Waals surface area contributed by atoms with Gasteiger partial charge in [-0.2, -0.15) is 0 Å². The number of carbonyl (C=O) groups is 1. The number of anilines is 1. The molecule has 0 radical (unpaired) electrons. The Morgan fingerprint density at radius 1 is 1.33 bits per heavy atom. The van der Waals surface area contributed by atoms with Gasteiger partial charge in [0, 0.05) is 30.9 Å². The van der Waals surface area contributed by atoms with Gasteiger partial charge < -0.3 is 10.2 Å². The molecule has 6 heteroatoms. The van der Waals surface area contributed by atoms with E-state index in [0.29, 0.717) is 6.42 Å². The van der Waals surface area contributed by atoms with Crippen molar-refractivity contribution in [1.82, 2.24) is 15.3 Å². The molecule has 0 aromatic carbocycles. The molecule has 21 heavy (non-hydrogen) atoms. The van der Waals surface area contributed by atoms with Crippen LogP contribution in [0.25, 0.3) is 10.2 Å². The predicted octanol–water partition coefficient (Wildman–Crippen LogP) is 2.11.